The lowest BCUT2D eigenvalue weighted by Gasteiger charge is -2.12. The van der Waals surface area contributed by atoms with Crippen LogP contribution in [0.1, 0.15) is 35.2 Å². The van der Waals surface area contributed by atoms with E-state index in [0.717, 1.165) is 24.0 Å². The Kier molecular flexibility index (Phi) is 5.19. The molecule has 1 aromatic heterocycles. The molecule has 4 N–H and O–H groups in total. The van der Waals surface area contributed by atoms with Crippen LogP contribution in [-0.4, -0.2) is 17.4 Å². The minimum atomic E-state index is -0.629. The van der Waals surface area contributed by atoms with Crippen molar-refractivity contribution in [2.24, 2.45) is 5.73 Å². The summed E-state index contributed by atoms with van der Waals surface area (Å²) in [6.07, 6.45) is 3.81. The van der Waals surface area contributed by atoms with Gasteiger partial charge in [0.2, 0.25) is 5.91 Å². The number of nitrogens with two attached hydrogens (primary N) is 1. The van der Waals surface area contributed by atoms with E-state index < -0.39 is 6.04 Å². The van der Waals surface area contributed by atoms with Gasteiger partial charge in [-0.2, -0.15) is 0 Å². The first-order chi connectivity index (χ1) is 12.1. The molecule has 130 valence electrons. The zero-order valence-corrected chi connectivity index (χ0v) is 14.8. The van der Waals surface area contributed by atoms with Crippen molar-refractivity contribution in [1.82, 2.24) is 10.3 Å². The standard InChI is InChI=1S/C21H25N3O/c1-3-15-5-4-6-18-17(13-24-20(15)18)11-12-23-21(25)19(22)16-9-7-14(2)8-10-16/h4-10,13,19,24H,3,11-12,22H2,1-2H3,(H,23,25). The van der Waals surface area contributed by atoms with Gasteiger partial charge in [-0.1, -0.05) is 55.0 Å². The first-order valence-corrected chi connectivity index (χ1v) is 8.78. The molecule has 0 aliphatic carbocycles. The maximum atomic E-state index is 12.3. The van der Waals surface area contributed by atoms with Crippen molar-refractivity contribution in [3.05, 3.63) is 70.9 Å². The highest BCUT2D eigenvalue weighted by molar-refractivity contribution is 5.86. The summed E-state index contributed by atoms with van der Waals surface area (Å²) in [5.74, 6) is -0.141. The highest BCUT2D eigenvalue weighted by Crippen LogP contribution is 2.22. The highest BCUT2D eigenvalue weighted by Gasteiger charge is 2.15. The van der Waals surface area contributed by atoms with Crippen molar-refractivity contribution in [1.29, 1.82) is 0 Å². The Morgan fingerprint density at radius 2 is 1.92 bits per heavy atom. The summed E-state index contributed by atoms with van der Waals surface area (Å²) in [5.41, 5.74) is 11.8. The van der Waals surface area contributed by atoms with Crippen LogP contribution < -0.4 is 11.1 Å². The first-order valence-electron chi connectivity index (χ1n) is 8.78. The average Bonchev–Trinajstić information content (AvgIpc) is 3.05. The van der Waals surface area contributed by atoms with Gasteiger partial charge in [0, 0.05) is 23.6 Å². The van der Waals surface area contributed by atoms with Crippen LogP contribution in [0.3, 0.4) is 0 Å². The molecule has 25 heavy (non-hydrogen) atoms. The van der Waals surface area contributed by atoms with Crippen molar-refractivity contribution >= 4 is 16.8 Å². The molecule has 4 heteroatoms. The van der Waals surface area contributed by atoms with Crippen LogP contribution >= 0.6 is 0 Å². The molecule has 0 saturated heterocycles. The minimum Gasteiger partial charge on any atom is -0.361 e. The van der Waals surface area contributed by atoms with Crippen LogP contribution in [0.2, 0.25) is 0 Å². The lowest BCUT2D eigenvalue weighted by atomic mass is 10.0. The SMILES string of the molecule is CCc1cccc2c(CCNC(=O)C(N)c3ccc(C)cc3)c[nH]c12. The number of amides is 1. The third-order valence-electron chi connectivity index (χ3n) is 4.68. The van der Waals surface area contributed by atoms with E-state index in [1.807, 2.05) is 37.4 Å². The predicted molar refractivity (Wildman–Crippen MR) is 102 cm³/mol. The number of benzene rings is 2. The molecule has 0 bridgehead atoms. The zero-order valence-electron chi connectivity index (χ0n) is 14.8. The van der Waals surface area contributed by atoms with Crippen molar-refractivity contribution in [3.8, 4) is 0 Å². The molecule has 4 nitrogen and oxygen atoms in total. The summed E-state index contributed by atoms with van der Waals surface area (Å²) in [6, 6.07) is 13.5. The highest BCUT2D eigenvalue weighted by atomic mass is 16.2. The summed E-state index contributed by atoms with van der Waals surface area (Å²) in [5, 5.41) is 4.18. The molecule has 3 aromatic rings. The number of hydrogen-bond donors (Lipinski definition) is 3. The minimum absolute atomic E-state index is 0.141. The molecule has 2 aromatic carbocycles. The maximum Gasteiger partial charge on any atom is 0.241 e. The van der Waals surface area contributed by atoms with Crippen LogP contribution in [0.4, 0.5) is 0 Å². The third-order valence-corrected chi connectivity index (χ3v) is 4.68. The first kappa shape index (κ1) is 17.2. The fourth-order valence-corrected chi connectivity index (χ4v) is 3.13. The Hall–Kier alpha value is -2.59. The van der Waals surface area contributed by atoms with Crippen molar-refractivity contribution in [2.45, 2.75) is 32.7 Å². The summed E-state index contributed by atoms with van der Waals surface area (Å²) in [6.45, 7) is 4.74. The van der Waals surface area contributed by atoms with Crippen molar-refractivity contribution in [2.75, 3.05) is 6.54 Å². The van der Waals surface area contributed by atoms with Gasteiger partial charge in [0.15, 0.2) is 0 Å². The fraction of sp³-hybridized carbons (Fsp3) is 0.286. The number of H-pyrrole nitrogens is 1. The van der Waals surface area contributed by atoms with E-state index in [1.165, 1.54) is 22.0 Å². The van der Waals surface area contributed by atoms with Gasteiger partial charge >= 0.3 is 0 Å². The molecule has 0 aliphatic rings. The van der Waals surface area contributed by atoms with Crippen molar-refractivity contribution < 1.29 is 4.79 Å². The monoisotopic (exact) mass is 335 g/mol. The molecule has 1 atom stereocenters. The Balaban J connectivity index is 1.61. The van der Waals surface area contributed by atoms with Gasteiger partial charge in [-0.05, 0) is 36.5 Å². The summed E-state index contributed by atoms with van der Waals surface area (Å²) < 4.78 is 0. The number of nitrogens with one attached hydrogen (secondary N) is 2. The van der Waals surface area contributed by atoms with E-state index in [-0.39, 0.29) is 5.91 Å². The van der Waals surface area contributed by atoms with E-state index in [9.17, 15) is 4.79 Å². The number of carbonyl (C=O) groups is 1. The van der Waals surface area contributed by atoms with Gasteiger partial charge in [0.1, 0.15) is 6.04 Å². The van der Waals surface area contributed by atoms with Gasteiger partial charge in [-0.15, -0.1) is 0 Å². The van der Waals surface area contributed by atoms with Gasteiger partial charge in [-0.25, -0.2) is 0 Å². The molecular formula is C21H25N3O. The lowest BCUT2D eigenvalue weighted by Crippen LogP contribution is -2.35. The predicted octanol–water partition coefficient (Wildman–Crippen LogP) is 3.40. The average molecular weight is 335 g/mol. The smallest absolute Gasteiger partial charge is 0.241 e. The number of fused-ring (bicyclic) bond motifs is 1. The number of aromatic nitrogens is 1. The molecular weight excluding hydrogens is 310 g/mol. The molecule has 1 unspecified atom stereocenters. The second-order valence-electron chi connectivity index (χ2n) is 6.44. The number of rotatable bonds is 6. The normalized spacial score (nSPS) is 12.3. The fourth-order valence-electron chi connectivity index (χ4n) is 3.13. The molecule has 0 spiro atoms. The van der Waals surface area contributed by atoms with Crippen molar-refractivity contribution in [3.63, 3.8) is 0 Å². The summed E-state index contributed by atoms with van der Waals surface area (Å²) >= 11 is 0. The molecule has 1 heterocycles. The van der Waals surface area contributed by atoms with Crippen LogP contribution in [0, 0.1) is 6.92 Å². The topological polar surface area (TPSA) is 70.9 Å². The Bertz CT molecular complexity index is 864. The second kappa shape index (κ2) is 7.53. The Morgan fingerprint density at radius 3 is 2.64 bits per heavy atom. The quantitative estimate of drug-likeness (QED) is 0.646. The van der Waals surface area contributed by atoms with E-state index >= 15 is 0 Å². The van der Waals surface area contributed by atoms with E-state index in [2.05, 4.69) is 35.4 Å². The maximum absolute atomic E-state index is 12.3. The summed E-state index contributed by atoms with van der Waals surface area (Å²) in [7, 11) is 0. The van der Waals surface area contributed by atoms with E-state index in [4.69, 9.17) is 5.73 Å². The van der Waals surface area contributed by atoms with E-state index in [1.54, 1.807) is 0 Å². The third kappa shape index (κ3) is 3.74. The Morgan fingerprint density at radius 1 is 1.16 bits per heavy atom. The van der Waals surface area contributed by atoms with Gasteiger partial charge < -0.3 is 16.0 Å². The second-order valence-corrected chi connectivity index (χ2v) is 6.44. The number of carbonyl (C=O) groups excluding carboxylic acids is 1. The number of aromatic amines is 1. The molecule has 0 fully saturated rings. The van der Waals surface area contributed by atoms with Crippen LogP contribution in [0.5, 0.6) is 0 Å². The number of aryl methyl sites for hydroxylation is 2. The number of para-hydroxylation sites is 1. The van der Waals surface area contributed by atoms with Crippen LogP contribution in [0.15, 0.2) is 48.7 Å². The van der Waals surface area contributed by atoms with Gasteiger partial charge in [0.25, 0.3) is 0 Å². The van der Waals surface area contributed by atoms with Gasteiger partial charge in [-0.3, -0.25) is 4.79 Å². The molecule has 0 aliphatic heterocycles. The van der Waals surface area contributed by atoms with Crippen LogP contribution in [0.25, 0.3) is 10.9 Å². The van der Waals surface area contributed by atoms with Gasteiger partial charge in [0.05, 0.1) is 0 Å². The lowest BCUT2D eigenvalue weighted by molar-refractivity contribution is -0.122. The van der Waals surface area contributed by atoms with Crippen LogP contribution in [-0.2, 0) is 17.6 Å². The summed E-state index contributed by atoms with van der Waals surface area (Å²) in [4.78, 5) is 15.6. The zero-order chi connectivity index (χ0) is 17.8. The molecule has 1 amide bonds. The largest absolute Gasteiger partial charge is 0.361 e. The Labute approximate surface area is 148 Å². The molecule has 0 saturated carbocycles. The molecule has 0 radical (unpaired) electrons. The van der Waals surface area contributed by atoms with E-state index in [0.29, 0.717) is 6.54 Å². The molecule has 3 rings (SSSR count). The number of hydrogen-bond acceptors (Lipinski definition) is 2.